The summed E-state index contributed by atoms with van der Waals surface area (Å²) >= 11 is 0. The van der Waals surface area contributed by atoms with Crippen LogP contribution in [0.25, 0.3) is 0 Å². The Bertz CT molecular complexity index is 841. The molecule has 0 aromatic carbocycles. The van der Waals surface area contributed by atoms with Crippen LogP contribution in [0.5, 0.6) is 0 Å². The predicted molar refractivity (Wildman–Crippen MR) is 85.8 cm³/mol. The second-order valence-corrected chi connectivity index (χ2v) is 7.78. The molecule has 3 rings (SSSR count). The molecule has 9 nitrogen and oxygen atoms in total. The van der Waals surface area contributed by atoms with E-state index >= 15 is 0 Å². The molecule has 1 aliphatic heterocycles. The van der Waals surface area contributed by atoms with Gasteiger partial charge in [0, 0.05) is 52.2 Å². The zero-order chi connectivity index (χ0) is 17.5. The molecule has 1 fully saturated rings. The number of aromatic nitrogens is 4. The maximum atomic E-state index is 12.5. The van der Waals surface area contributed by atoms with Crippen molar-refractivity contribution in [2.45, 2.75) is 11.8 Å². The third-order valence-electron chi connectivity index (χ3n) is 4.18. The predicted octanol–water partition coefficient (Wildman–Crippen LogP) is -0.391. The SMILES string of the molecule is Cc1cc(C(=O)N2CCN(S(=O)(=O)c3cnn(C)c3)CC2)nn1C. The number of aryl methyl sites for hydroxylation is 3. The Morgan fingerprint density at radius 1 is 1.17 bits per heavy atom. The van der Waals surface area contributed by atoms with Gasteiger partial charge in [0.2, 0.25) is 10.0 Å². The van der Waals surface area contributed by atoms with Crippen molar-refractivity contribution in [2.75, 3.05) is 26.2 Å². The molecule has 0 radical (unpaired) electrons. The zero-order valence-electron chi connectivity index (χ0n) is 13.9. The highest BCUT2D eigenvalue weighted by molar-refractivity contribution is 7.89. The van der Waals surface area contributed by atoms with Crippen LogP contribution in [0.15, 0.2) is 23.4 Å². The standard InChI is InChI=1S/C14H20N6O3S/c1-11-8-13(16-18(11)3)14(21)19-4-6-20(7-5-19)24(22,23)12-9-15-17(2)10-12/h8-10H,4-7H2,1-3H3. The lowest BCUT2D eigenvalue weighted by Crippen LogP contribution is -2.50. The van der Waals surface area contributed by atoms with Gasteiger partial charge in [0.15, 0.2) is 5.69 Å². The summed E-state index contributed by atoms with van der Waals surface area (Å²) in [6, 6.07) is 1.74. The molecular weight excluding hydrogens is 332 g/mol. The van der Waals surface area contributed by atoms with Crippen LogP contribution in [0.3, 0.4) is 0 Å². The second kappa shape index (κ2) is 6.02. The number of hydrogen-bond acceptors (Lipinski definition) is 5. The van der Waals surface area contributed by atoms with Crippen molar-refractivity contribution >= 4 is 15.9 Å². The Balaban J connectivity index is 1.68. The van der Waals surface area contributed by atoms with E-state index in [9.17, 15) is 13.2 Å². The lowest BCUT2D eigenvalue weighted by atomic mass is 10.3. The van der Waals surface area contributed by atoms with Crippen molar-refractivity contribution in [1.82, 2.24) is 28.8 Å². The van der Waals surface area contributed by atoms with Gasteiger partial charge in [0.25, 0.3) is 5.91 Å². The minimum absolute atomic E-state index is 0.169. The van der Waals surface area contributed by atoms with Crippen LogP contribution in [-0.4, -0.2) is 69.3 Å². The average molecular weight is 352 g/mol. The zero-order valence-corrected chi connectivity index (χ0v) is 14.7. The molecule has 0 saturated carbocycles. The highest BCUT2D eigenvalue weighted by Crippen LogP contribution is 2.17. The van der Waals surface area contributed by atoms with E-state index in [4.69, 9.17) is 0 Å². The second-order valence-electron chi connectivity index (χ2n) is 5.84. The van der Waals surface area contributed by atoms with Crippen molar-refractivity contribution in [1.29, 1.82) is 0 Å². The van der Waals surface area contributed by atoms with Gasteiger partial charge in [0.05, 0.1) is 6.20 Å². The topological polar surface area (TPSA) is 93.3 Å². The molecule has 1 saturated heterocycles. The largest absolute Gasteiger partial charge is 0.335 e. The van der Waals surface area contributed by atoms with Gasteiger partial charge < -0.3 is 4.90 Å². The third-order valence-corrected chi connectivity index (χ3v) is 6.03. The lowest BCUT2D eigenvalue weighted by Gasteiger charge is -2.33. The van der Waals surface area contributed by atoms with Crippen molar-refractivity contribution in [3.05, 3.63) is 29.8 Å². The fourth-order valence-electron chi connectivity index (χ4n) is 2.64. The fourth-order valence-corrected chi connectivity index (χ4v) is 4.05. The molecule has 2 aromatic rings. The van der Waals surface area contributed by atoms with Crippen LogP contribution in [0.4, 0.5) is 0 Å². The van der Waals surface area contributed by atoms with Gasteiger partial charge in [0.1, 0.15) is 4.90 Å². The van der Waals surface area contributed by atoms with Crippen LogP contribution >= 0.6 is 0 Å². The van der Waals surface area contributed by atoms with Crippen molar-refractivity contribution < 1.29 is 13.2 Å². The first-order valence-corrected chi connectivity index (χ1v) is 9.02. The molecule has 2 aromatic heterocycles. The summed E-state index contributed by atoms with van der Waals surface area (Å²) in [4.78, 5) is 14.3. The monoisotopic (exact) mass is 352 g/mol. The molecule has 130 valence electrons. The molecular formula is C14H20N6O3S. The normalized spacial score (nSPS) is 16.5. The molecule has 0 atom stereocenters. The van der Waals surface area contributed by atoms with Crippen molar-refractivity contribution in [3.8, 4) is 0 Å². The van der Waals surface area contributed by atoms with Gasteiger partial charge in [-0.3, -0.25) is 14.2 Å². The Labute approximate surface area is 140 Å². The average Bonchev–Trinajstić information content (AvgIpc) is 3.13. The minimum atomic E-state index is -3.57. The van der Waals surface area contributed by atoms with Gasteiger partial charge in [-0.2, -0.15) is 14.5 Å². The Hall–Kier alpha value is -2.20. The van der Waals surface area contributed by atoms with E-state index in [1.165, 1.54) is 21.4 Å². The number of rotatable bonds is 3. The quantitative estimate of drug-likeness (QED) is 0.750. The van der Waals surface area contributed by atoms with Gasteiger partial charge in [-0.05, 0) is 13.0 Å². The van der Waals surface area contributed by atoms with E-state index in [1.54, 1.807) is 29.7 Å². The summed E-state index contributed by atoms with van der Waals surface area (Å²) < 4.78 is 29.6. The van der Waals surface area contributed by atoms with E-state index in [0.717, 1.165) is 5.69 Å². The molecule has 1 amide bonds. The summed E-state index contributed by atoms with van der Waals surface area (Å²) in [6.45, 7) is 3.08. The van der Waals surface area contributed by atoms with E-state index in [-0.39, 0.29) is 23.9 Å². The molecule has 10 heteroatoms. The van der Waals surface area contributed by atoms with Crippen LogP contribution in [0.1, 0.15) is 16.2 Å². The summed E-state index contributed by atoms with van der Waals surface area (Å²) in [5.41, 5.74) is 1.29. The first kappa shape index (κ1) is 16.7. The lowest BCUT2D eigenvalue weighted by molar-refractivity contribution is 0.0691. The first-order valence-electron chi connectivity index (χ1n) is 7.58. The number of hydrogen-bond donors (Lipinski definition) is 0. The summed E-state index contributed by atoms with van der Waals surface area (Å²) in [6.07, 6.45) is 2.81. The molecule has 0 unspecified atom stereocenters. The number of carbonyl (C=O) groups excluding carboxylic acids is 1. The van der Waals surface area contributed by atoms with Gasteiger partial charge in [-0.25, -0.2) is 8.42 Å². The van der Waals surface area contributed by atoms with Crippen molar-refractivity contribution in [2.24, 2.45) is 14.1 Å². The smallest absolute Gasteiger partial charge is 0.274 e. The summed E-state index contributed by atoms with van der Waals surface area (Å²) in [7, 11) is -0.112. The Kier molecular flexibility index (Phi) is 4.18. The van der Waals surface area contributed by atoms with Crippen LogP contribution in [0, 0.1) is 6.92 Å². The number of amides is 1. The molecule has 1 aliphatic rings. The number of sulfonamides is 1. The van der Waals surface area contributed by atoms with Crippen LogP contribution in [-0.2, 0) is 24.1 Å². The third kappa shape index (κ3) is 2.94. The molecule has 0 bridgehead atoms. The molecule has 0 N–H and O–H groups in total. The first-order chi connectivity index (χ1) is 11.3. The van der Waals surface area contributed by atoms with Gasteiger partial charge >= 0.3 is 0 Å². The van der Waals surface area contributed by atoms with Crippen molar-refractivity contribution in [3.63, 3.8) is 0 Å². The number of piperazine rings is 1. The van der Waals surface area contributed by atoms with E-state index in [2.05, 4.69) is 10.2 Å². The molecule has 0 spiro atoms. The van der Waals surface area contributed by atoms with Gasteiger partial charge in [-0.1, -0.05) is 0 Å². The Morgan fingerprint density at radius 3 is 2.33 bits per heavy atom. The van der Waals surface area contributed by atoms with E-state index in [1.807, 2.05) is 6.92 Å². The molecule has 24 heavy (non-hydrogen) atoms. The Morgan fingerprint density at radius 2 is 1.83 bits per heavy atom. The maximum Gasteiger partial charge on any atom is 0.274 e. The van der Waals surface area contributed by atoms with Crippen LogP contribution in [0.2, 0.25) is 0 Å². The highest BCUT2D eigenvalue weighted by atomic mass is 32.2. The fraction of sp³-hybridized carbons (Fsp3) is 0.500. The summed E-state index contributed by atoms with van der Waals surface area (Å²) in [5, 5.41) is 8.09. The summed E-state index contributed by atoms with van der Waals surface area (Å²) in [5.74, 6) is -0.169. The minimum Gasteiger partial charge on any atom is -0.335 e. The maximum absolute atomic E-state index is 12.5. The van der Waals surface area contributed by atoms with Gasteiger partial charge in [-0.15, -0.1) is 0 Å². The highest BCUT2D eigenvalue weighted by Gasteiger charge is 2.31. The van der Waals surface area contributed by atoms with E-state index < -0.39 is 10.0 Å². The molecule has 0 aliphatic carbocycles. The molecule has 3 heterocycles. The number of nitrogens with zero attached hydrogens (tertiary/aromatic N) is 6. The van der Waals surface area contributed by atoms with Crippen LogP contribution < -0.4 is 0 Å². The number of carbonyl (C=O) groups is 1. The van der Waals surface area contributed by atoms with E-state index in [0.29, 0.717) is 18.8 Å².